The van der Waals surface area contributed by atoms with Crippen molar-refractivity contribution in [1.82, 2.24) is 0 Å². The van der Waals surface area contributed by atoms with Gasteiger partial charge in [-0.15, -0.1) is 0 Å². The number of hydrogen-bond donors (Lipinski definition) is 2. The highest BCUT2D eigenvalue weighted by molar-refractivity contribution is 5.80. The second-order valence-corrected chi connectivity index (χ2v) is 6.24. The summed E-state index contributed by atoms with van der Waals surface area (Å²) < 4.78 is 0. The van der Waals surface area contributed by atoms with Crippen molar-refractivity contribution >= 4 is 28.4 Å². The highest BCUT2D eigenvalue weighted by atomic mass is 16.3. The molecule has 0 amide bonds. The van der Waals surface area contributed by atoms with Crippen LogP contribution in [0.25, 0.3) is 0 Å². The molecule has 0 aliphatic rings. The largest absolute Gasteiger partial charge is 0.508 e. The van der Waals surface area contributed by atoms with Gasteiger partial charge < -0.3 is 15.3 Å². The summed E-state index contributed by atoms with van der Waals surface area (Å²) >= 11 is 0. The summed E-state index contributed by atoms with van der Waals surface area (Å²) in [4.78, 5) is 2.12. The molecule has 27 heavy (non-hydrogen) atoms. The number of rotatable bonds is 5. The van der Waals surface area contributed by atoms with Crippen molar-refractivity contribution in [1.29, 1.82) is 0 Å². The molecule has 0 aliphatic carbocycles. The number of nitrogens with one attached hydrogen (secondary N) is 1. The third-order valence-corrected chi connectivity index (χ3v) is 4.25. The monoisotopic (exact) mass is 352 g/mol. The van der Waals surface area contributed by atoms with Crippen molar-refractivity contribution in [2.75, 3.05) is 10.2 Å². The van der Waals surface area contributed by atoms with Crippen LogP contribution in [0.1, 0.15) is 0 Å². The van der Waals surface area contributed by atoms with Gasteiger partial charge in [-0.05, 0) is 42.5 Å². The van der Waals surface area contributed by atoms with Gasteiger partial charge in [-0.1, -0.05) is 54.6 Å². The average molecular weight is 352 g/mol. The van der Waals surface area contributed by atoms with Crippen molar-refractivity contribution in [3.8, 4) is 5.75 Å². The number of phenols is 1. The van der Waals surface area contributed by atoms with E-state index in [1.165, 1.54) is 0 Å². The number of para-hydroxylation sites is 3. The zero-order valence-electron chi connectivity index (χ0n) is 14.8. The lowest BCUT2D eigenvalue weighted by molar-refractivity contribution is 0.476. The minimum absolute atomic E-state index is 0.211. The number of anilines is 5. The van der Waals surface area contributed by atoms with Gasteiger partial charge in [0.05, 0.1) is 5.69 Å². The van der Waals surface area contributed by atoms with E-state index in [4.69, 9.17) is 0 Å². The van der Waals surface area contributed by atoms with Gasteiger partial charge in [-0.25, -0.2) is 0 Å². The Bertz CT molecular complexity index is 963. The van der Waals surface area contributed by atoms with Crippen LogP contribution in [0.2, 0.25) is 0 Å². The Morgan fingerprint density at radius 2 is 1.04 bits per heavy atom. The third kappa shape index (κ3) is 3.93. The van der Waals surface area contributed by atoms with Crippen LogP contribution in [0.3, 0.4) is 0 Å². The van der Waals surface area contributed by atoms with Crippen molar-refractivity contribution in [2.45, 2.75) is 0 Å². The smallest absolute Gasteiger partial charge is 0.119 e. The summed E-state index contributed by atoms with van der Waals surface area (Å²) in [6, 6.07) is 35.7. The Kier molecular flexibility index (Phi) is 4.75. The van der Waals surface area contributed by atoms with E-state index in [2.05, 4.69) is 34.5 Å². The van der Waals surface area contributed by atoms with Gasteiger partial charge in [0.25, 0.3) is 0 Å². The van der Waals surface area contributed by atoms with E-state index in [1.54, 1.807) is 12.1 Å². The van der Waals surface area contributed by atoms with Crippen molar-refractivity contribution in [3.63, 3.8) is 0 Å². The molecule has 0 spiro atoms. The van der Waals surface area contributed by atoms with E-state index >= 15 is 0 Å². The van der Waals surface area contributed by atoms with Gasteiger partial charge >= 0.3 is 0 Å². The molecule has 0 atom stereocenters. The van der Waals surface area contributed by atoms with Crippen LogP contribution >= 0.6 is 0 Å². The Morgan fingerprint density at radius 3 is 1.59 bits per heavy atom. The molecule has 4 rings (SSSR count). The number of benzene rings is 4. The van der Waals surface area contributed by atoms with Crippen molar-refractivity contribution in [3.05, 3.63) is 109 Å². The topological polar surface area (TPSA) is 35.5 Å². The predicted molar refractivity (Wildman–Crippen MR) is 113 cm³/mol. The van der Waals surface area contributed by atoms with Crippen LogP contribution in [0, 0.1) is 0 Å². The lowest BCUT2D eigenvalue weighted by Gasteiger charge is -2.26. The molecule has 0 aromatic heterocycles. The van der Waals surface area contributed by atoms with E-state index < -0.39 is 0 Å². The molecule has 3 nitrogen and oxygen atoms in total. The van der Waals surface area contributed by atoms with Gasteiger partial charge in [0.1, 0.15) is 5.75 Å². The predicted octanol–water partition coefficient (Wildman–Crippen LogP) is 6.61. The van der Waals surface area contributed by atoms with E-state index in [9.17, 15) is 5.11 Å². The van der Waals surface area contributed by atoms with E-state index in [-0.39, 0.29) is 5.75 Å². The molecule has 4 aromatic rings. The summed E-state index contributed by atoms with van der Waals surface area (Å²) in [5, 5.41) is 13.7. The molecule has 0 bridgehead atoms. The van der Waals surface area contributed by atoms with Crippen LogP contribution in [0.5, 0.6) is 5.75 Å². The molecular formula is C24H20N2O. The fraction of sp³-hybridized carbons (Fsp3) is 0. The Labute approximate surface area is 159 Å². The second kappa shape index (κ2) is 7.67. The first-order valence-corrected chi connectivity index (χ1v) is 8.86. The molecule has 0 saturated heterocycles. The van der Waals surface area contributed by atoms with E-state index in [1.807, 2.05) is 72.8 Å². The van der Waals surface area contributed by atoms with Crippen LogP contribution in [-0.2, 0) is 0 Å². The molecular weight excluding hydrogens is 332 g/mol. The van der Waals surface area contributed by atoms with Gasteiger partial charge in [-0.3, -0.25) is 0 Å². The zero-order chi connectivity index (χ0) is 18.5. The number of nitrogens with zero attached hydrogens (tertiary/aromatic N) is 1. The molecule has 132 valence electrons. The minimum Gasteiger partial charge on any atom is -0.508 e. The first-order chi connectivity index (χ1) is 13.3. The van der Waals surface area contributed by atoms with Crippen molar-refractivity contribution in [2.24, 2.45) is 0 Å². The third-order valence-electron chi connectivity index (χ3n) is 4.25. The molecule has 4 aromatic carbocycles. The van der Waals surface area contributed by atoms with Crippen LogP contribution in [0.4, 0.5) is 28.4 Å². The van der Waals surface area contributed by atoms with Crippen LogP contribution < -0.4 is 10.2 Å². The van der Waals surface area contributed by atoms with Gasteiger partial charge in [0.2, 0.25) is 0 Å². The molecule has 0 saturated carbocycles. The maximum atomic E-state index is 10.3. The Hall–Kier alpha value is -3.72. The van der Waals surface area contributed by atoms with E-state index in [0.717, 1.165) is 28.4 Å². The molecule has 2 N–H and O–H groups in total. The lowest BCUT2D eigenvalue weighted by Crippen LogP contribution is -2.10. The fourth-order valence-corrected chi connectivity index (χ4v) is 3.09. The SMILES string of the molecule is Oc1cc(Nc2ccccc2)cc(N(c2ccccc2)c2ccccc2)c1. The highest BCUT2D eigenvalue weighted by Crippen LogP contribution is 2.37. The molecule has 0 fully saturated rings. The Morgan fingerprint density at radius 1 is 0.519 bits per heavy atom. The van der Waals surface area contributed by atoms with Crippen molar-refractivity contribution < 1.29 is 5.11 Å². The van der Waals surface area contributed by atoms with E-state index in [0.29, 0.717) is 0 Å². The molecule has 0 radical (unpaired) electrons. The summed E-state index contributed by atoms with van der Waals surface area (Å²) in [5.74, 6) is 0.211. The van der Waals surface area contributed by atoms with Crippen LogP contribution in [0.15, 0.2) is 109 Å². The lowest BCUT2D eigenvalue weighted by atomic mass is 10.1. The summed E-state index contributed by atoms with van der Waals surface area (Å²) in [5.41, 5.74) is 4.74. The highest BCUT2D eigenvalue weighted by Gasteiger charge is 2.13. The molecule has 0 aliphatic heterocycles. The number of aromatic hydroxyl groups is 1. The maximum Gasteiger partial charge on any atom is 0.119 e. The van der Waals surface area contributed by atoms with Gasteiger partial charge in [-0.2, -0.15) is 0 Å². The van der Waals surface area contributed by atoms with Gasteiger partial charge in [0, 0.05) is 34.9 Å². The fourth-order valence-electron chi connectivity index (χ4n) is 3.09. The second-order valence-electron chi connectivity index (χ2n) is 6.24. The average Bonchev–Trinajstić information content (AvgIpc) is 2.70. The molecule has 3 heteroatoms. The zero-order valence-corrected chi connectivity index (χ0v) is 14.8. The number of hydrogen-bond acceptors (Lipinski definition) is 3. The first-order valence-electron chi connectivity index (χ1n) is 8.86. The maximum absolute atomic E-state index is 10.3. The number of phenolic OH excluding ortho intramolecular Hbond substituents is 1. The minimum atomic E-state index is 0.211. The summed E-state index contributed by atoms with van der Waals surface area (Å²) in [7, 11) is 0. The molecule has 0 unspecified atom stereocenters. The Balaban J connectivity index is 1.78. The normalized spacial score (nSPS) is 10.4. The standard InChI is InChI=1S/C24H20N2O/c27-24-17-20(25-19-10-4-1-5-11-19)16-23(18-24)26(21-12-6-2-7-13-21)22-14-8-3-9-15-22/h1-18,25,27H. The summed E-state index contributed by atoms with van der Waals surface area (Å²) in [6.07, 6.45) is 0. The quantitative estimate of drug-likeness (QED) is 0.424. The summed E-state index contributed by atoms with van der Waals surface area (Å²) in [6.45, 7) is 0. The van der Waals surface area contributed by atoms with Gasteiger partial charge in [0.15, 0.2) is 0 Å². The molecule has 0 heterocycles. The first kappa shape index (κ1) is 16.7. The van der Waals surface area contributed by atoms with Crippen LogP contribution in [-0.4, -0.2) is 5.11 Å².